The zero-order valence-electron chi connectivity index (χ0n) is 1.92. The van der Waals surface area contributed by atoms with Gasteiger partial charge in [-0.05, 0) is 0 Å². The quantitative estimate of drug-likeness (QED) is 0.504. The first kappa shape index (κ1) is 17.0. The van der Waals surface area contributed by atoms with Crippen LogP contribution in [0, 0.1) is 0 Å². The minimum Gasteiger partial charge on any atom is 0 e. The molecule has 0 unspecified atom stereocenters. The summed E-state index contributed by atoms with van der Waals surface area (Å²) < 4.78 is 0. The first-order chi connectivity index (χ1) is 1.00. The number of rotatable bonds is 0. The average Bonchev–Trinajstić information content (AvgIpc) is 1.00. The van der Waals surface area contributed by atoms with E-state index in [1.54, 1.807) is 0 Å². The molecule has 0 spiro atoms. The standard InChI is InChI=1S/Au.BH2.Cu.Ni/h;1H2;;/q-1;+1;;. The Kier molecular flexibility index (Phi) is 90.3. The molecule has 1 radical (unpaired) electrons. The van der Waals surface area contributed by atoms with E-state index < -0.39 is 0 Å². The zero-order chi connectivity index (χ0) is 2.00. The molecule has 37 valence electrons. The van der Waals surface area contributed by atoms with Crippen LogP contribution in [-0.4, -0.2) is 5.93 Å². The van der Waals surface area contributed by atoms with Crippen LogP contribution in [0.5, 0.6) is 0 Å². The summed E-state index contributed by atoms with van der Waals surface area (Å²) in [5, 5.41) is 0. The molecule has 4 heavy (non-hydrogen) atoms. The van der Waals surface area contributed by atoms with Crippen LogP contribution in [0.4, 0.5) is 0 Å². The van der Waals surface area contributed by atoms with Crippen molar-refractivity contribution >= 4 is 5.93 Å². The molecular formula is H2AuBCuNi. The van der Waals surface area contributed by atoms with Crippen molar-refractivity contribution in [2.45, 2.75) is 0 Å². The molecule has 4 heteroatoms. The molecule has 0 saturated heterocycles. The van der Waals surface area contributed by atoms with Gasteiger partial charge in [-0.3, -0.25) is 0 Å². The van der Waals surface area contributed by atoms with Crippen LogP contribution < -0.4 is 0 Å². The normalized spacial score (nSPS) is 1.50. The molecule has 0 aliphatic heterocycles. The maximum atomic E-state index is 2.28. The summed E-state index contributed by atoms with van der Waals surface area (Å²) in [7, 11) is 0. The van der Waals surface area contributed by atoms with Gasteiger partial charge in [0.2, 0.25) is 0 Å². The van der Waals surface area contributed by atoms with Crippen molar-refractivity contribution in [1.29, 1.82) is 0 Å². The fraction of sp³-hybridized carbons (Fsp3) is 0. The second kappa shape index (κ2) is 21.2. The van der Waals surface area contributed by atoms with E-state index in [-0.39, 0.29) is 33.6 Å². The van der Waals surface area contributed by atoms with Crippen molar-refractivity contribution < 1.29 is 54.4 Å². The summed E-state index contributed by atoms with van der Waals surface area (Å²) in [6.45, 7) is 0. The van der Waals surface area contributed by atoms with Gasteiger partial charge in [0, 0.05) is 33.6 Å². The third kappa shape index (κ3) is 9.17. The number of hydrogen-bond acceptors (Lipinski definition) is 0. The summed E-state index contributed by atoms with van der Waals surface area (Å²) in [5.41, 5.74) is 0. The van der Waals surface area contributed by atoms with Crippen LogP contribution >= 0.6 is 0 Å². The average molecular weight is 332 g/mol. The Balaban J connectivity index is -0.00000000500. The summed E-state index contributed by atoms with van der Waals surface area (Å²) in [5.74, 6) is 1.94. The van der Waals surface area contributed by atoms with E-state index in [0.29, 0.717) is 0 Å². The maximum absolute atomic E-state index is 2.28. The first-order valence-corrected chi connectivity index (χ1v) is 2.47. The van der Waals surface area contributed by atoms with Crippen molar-refractivity contribution in [2.24, 2.45) is 0 Å². The molecule has 0 rings (SSSR count). The van der Waals surface area contributed by atoms with Crippen molar-refractivity contribution in [3.8, 4) is 0 Å². The minimum atomic E-state index is 0. The molecule has 0 amide bonds. The monoisotopic (exact) mass is 331 g/mol. The van der Waals surface area contributed by atoms with Crippen molar-refractivity contribution in [2.75, 3.05) is 0 Å². The molecule has 0 nitrogen and oxygen atoms in total. The fourth-order valence-corrected chi connectivity index (χ4v) is 0. The predicted molar refractivity (Wildman–Crippen MR) is 8.54 cm³/mol. The van der Waals surface area contributed by atoms with Crippen LogP contribution in [0.1, 0.15) is 0 Å². The molecule has 0 aliphatic rings. The van der Waals surface area contributed by atoms with Gasteiger partial charge in [-0.15, -0.1) is 0 Å². The second-order valence-corrected chi connectivity index (χ2v) is 0. The van der Waals surface area contributed by atoms with Crippen LogP contribution in [0.25, 0.3) is 0 Å². The molecule has 0 aromatic carbocycles. The summed E-state index contributed by atoms with van der Waals surface area (Å²) in [4.78, 5) is 0. The second-order valence-electron chi connectivity index (χ2n) is 0. The van der Waals surface area contributed by atoms with Crippen molar-refractivity contribution in [3.63, 3.8) is 0 Å². The van der Waals surface area contributed by atoms with Gasteiger partial charge < -0.3 is 0 Å². The van der Waals surface area contributed by atoms with Gasteiger partial charge in [0.15, 0.2) is 0 Å². The first-order valence-electron chi connectivity index (χ1n) is 0.302. The topological polar surface area (TPSA) is 0 Å². The summed E-state index contributed by atoms with van der Waals surface area (Å²) >= 11 is 2.28. The van der Waals surface area contributed by atoms with Gasteiger partial charge in [0.05, 0.1) is 0 Å². The van der Waals surface area contributed by atoms with E-state index in [4.69, 9.17) is 0 Å². The van der Waals surface area contributed by atoms with Gasteiger partial charge in [-0.1, -0.05) is 0 Å². The largest absolute Gasteiger partial charge is 0 e. The van der Waals surface area contributed by atoms with Crippen LogP contribution in [-0.2, 0) is 54.4 Å². The Hall–Kier alpha value is 1.82. The van der Waals surface area contributed by atoms with Crippen molar-refractivity contribution in [3.05, 3.63) is 0 Å². The van der Waals surface area contributed by atoms with E-state index in [9.17, 15) is 0 Å². The Morgan fingerprint density at radius 1 is 1.25 bits per heavy atom. The van der Waals surface area contributed by atoms with Gasteiger partial charge >= 0.3 is 26.8 Å². The smallest absolute Gasteiger partial charge is 0 e. The summed E-state index contributed by atoms with van der Waals surface area (Å²) in [6.07, 6.45) is 0. The van der Waals surface area contributed by atoms with Gasteiger partial charge in [0.25, 0.3) is 0 Å². The Morgan fingerprint density at radius 2 is 1.25 bits per heavy atom. The molecule has 0 heterocycles. The minimum absolute atomic E-state index is 0. The van der Waals surface area contributed by atoms with E-state index in [1.165, 1.54) is 0 Å². The van der Waals surface area contributed by atoms with Crippen LogP contribution in [0.2, 0.25) is 0 Å². The molecule has 0 fully saturated rings. The van der Waals surface area contributed by atoms with E-state index in [2.05, 4.69) is 20.9 Å². The Morgan fingerprint density at radius 3 is 1.25 bits per heavy atom. The molecule has 0 saturated carbocycles. The zero-order valence-corrected chi connectivity index (χ0v) is 6.01. The Labute approximate surface area is 60.0 Å². The van der Waals surface area contributed by atoms with Gasteiger partial charge in [-0.25, -0.2) is 0 Å². The third-order valence-corrected chi connectivity index (χ3v) is 0. The SMILES string of the molecule is [BH2][Au].[Cu].[Ni]. The van der Waals surface area contributed by atoms with Crippen LogP contribution in [0.15, 0.2) is 0 Å². The third-order valence-electron chi connectivity index (χ3n) is 0. The fourth-order valence-electron chi connectivity index (χ4n) is 0. The number of hydrogen-bond donors (Lipinski definition) is 0. The molecule has 0 N–H and O–H groups in total. The maximum Gasteiger partial charge on any atom is 0 e. The predicted octanol–water partition coefficient (Wildman–Crippen LogP) is -0.924. The summed E-state index contributed by atoms with van der Waals surface area (Å²) in [6, 6.07) is 0. The van der Waals surface area contributed by atoms with Crippen LogP contribution in [0.3, 0.4) is 0 Å². The molecule has 0 aromatic heterocycles. The molecule has 0 bridgehead atoms. The van der Waals surface area contributed by atoms with E-state index in [0.717, 1.165) is 0 Å². The Bertz CT molecular complexity index is 8.00. The van der Waals surface area contributed by atoms with Gasteiger partial charge in [0.1, 0.15) is 0 Å². The molecular weight excluding hydrogens is 330 g/mol. The van der Waals surface area contributed by atoms with Crippen molar-refractivity contribution in [1.82, 2.24) is 0 Å². The van der Waals surface area contributed by atoms with E-state index in [1.807, 2.05) is 5.93 Å². The van der Waals surface area contributed by atoms with E-state index >= 15 is 0 Å². The van der Waals surface area contributed by atoms with Gasteiger partial charge in [-0.2, -0.15) is 0 Å². The molecule has 0 aliphatic carbocycles. The molecule has 0 atom stereocenters. The molecule has 0 aromatic rings.